The van der Waals surface area contributed by atoms with Gasteiger partial charge in [0.05, 0.1) is 11.7 Å². The largest absolute Gasteiger partial charge is 0.381 e. The summed E-state index contributed by atoms with van der Waals surface area (Å²) in [6.45, 7) is 5.18. The summed E-state index contributed by atoms with van der Waals surface area (Å²) in [5.41, 5.74) is 1.27. The fraction of sp³-hybridized carbons (Fsp3) is 0.812. The summed E-state index contributed by atoms with van der Waals surface area (Å²) in [4.78, 5) is 0. The molecule has 2 unspecified atom stereocenters. The second kappa shape index (κ2) is 5.97. The molecule has 5 nitrogen and oxygen atoms in total. The molecule has 5 heteroatoms. The van der Waals surface area contributed by atoms with E-state index in [0.29, 0.717) is 12.0 Å². The molecule has 0 radical (unpaired) electrons. The molecular weight excluding hydrogens is 264 g/mol. The molecule has 0 saturated carbocycles. The normalized spacial score (nSPS) is 30.7. The molecule has 21 heavy (non-hydrogen) atoms. The van der Waals surface area contributed by atoms with E-state index >= 15 is 0 Å². The molecule has 116 valence electrons. The Kier molecular flexibility index (Phi) is 3.86. The van der Waals surface area contributed by atoms with Gasteiger partial charge in [0.2, 0.25) is 0 Å². The van der Waals surface area contributed by atoms with Gasteiger partial charge >= 0.3 is 0 Å². The topological polar surface area (TPSA) is 51.1 Å². The van der Waals surface area contributed by atoms with Crippen LogP contribution in [0.5, 0.6) is 0 Å². The van der Waals surface area contributed by atoms with Crippen LogP contribution in [-0.2, 0) is 4.74 Å². The number of hydrogen-bond acceptors (Lipinski definition) is 4. The van der Waals surface area contributed by atoms with Crippen LogP contribution in [0.4, 0.5) is 5.82 Å². The maximum absolute atomic E-state index is 5.48. The molecule has 2 fully saturated rings. The highest BCUT2D eigenvalue weighted by molar-refractivity contribution is 5.40. The van der Waals surface area contributed by atoms with E-state index in [1.54, 1.807) is 0 Å². The van der Waals surface area contributed by atoms with Crippen molar-refractivity contribution >= 4 is 5.82 Å². The van der Waals surface area contributed by atoms with Crippen molar-refractivity contribution in [3.05, 3.63) is 11.8 Å². The Morgan fingerprint density at radius 3 is 2.86 bits per heavy atom. The van der Waals surface area contributed by atoms with Crippen molar-refractivity contribution in [1.29, 1.82) is 0 Å². The Morgan fingerprint density at radius 1 is 1.14 bits per heavy atom. The molecule has 0 aromatic carbocycles. The number of ether oxygens (including phenoxy) is 1. The summed E-state index contributed by atoms with van der Waals surface area (Å²) in [7, 11) is 0. The van der Waals surface area contributed by atoms with E-state index in [9.17, 15) is 0 Å². The van der Waals surface area contributed by atoms with Crippen molar-refractivity contribution in [3.8, 4) is 0 Å². The van der Waals surface area contributed by atoms with Crippen molar-refractivity contribution in [3.63, 3.8) is 0 Å². The van der Waals surface area contributed by atoms with E-state index in [-0.39, 0.29) is 0 Å². The summed E-state index contributed by atoms with van der Waals surface area (Å²) in [6.07, 6.45) is 6.08. The first-order chi connectivity index (χ1) is 10.4. The first-order valence-electron chi connectivity index (χ1n) is 8.53. The second-order valence-electron chi connectivity index (χ2n) is 6.67. The van der Waals surface area contributed by atoms with Crippen LogP contribution in [0.1, 0.15) is 49.8 Å². The van der Waals surface area contributed by atoms with Crippen LogP contribution in [0.3, 0.4) is 0 Å². The van der Waals surface area contributed by atoms with Crippen LogP contribution in [-0.4, -0.2) is 42.6 Å². The molecule has 2 N–H and O–H groups in total. The van der Waals surface area contributed by atoms with Gasteiger partial charge in [0, 0.05) is 31.7 Å². The summed E-state index contributed by atoms with van der Waals surface area (Å²) >= 11 is 0. The molecule has 4 heterocycles. The van der Waals surface area contributed by atoms with Crippen LogP contribution in [0, 0.1) is 5.92 Å². The van der Waals surface area contributed by atoms with Crippen molar-refractivity contribution in [2.45, 2.75) is 44.1 Å². The Bertz CT molecular complexity index is 475. The minimum Gasteiger partial charge on any atom is -0.381 e. The molecule has 1 aromatic rings. The van der Waals surface area contributed by atoms with E-state index in [2.05, 4.69) is 21.4 Å². The molecule has 0 bridgehead atoms. The van der Waals surface area contributed by atoms with Crippen LogP contribution in [0.15, 0.2) is 6.07 Å². The predicted octanol–water partition coefficient (Wildman–Crippen LogP) is 2.13. The fourth-order valence-corrected chi connectivity index (χ4v) is 4.10. The van der Waals surface area contributed by atoms with Crippen molar-refractivity contribution < 1.29 is 4.74 Å². The number of piperidine rings is 1. The zero-order valence-corrected chi connectivity index (χ0v) is 12.7. The second-order valence-corrected chi connectivity index (χ2v) is 6.67. The molecule has 4 rings (SSSR count). The third kappa shape index (κ3) is 2.69. The smallest absolute Gasteiger partial charge is 0.124 e. The van der Waals surface area contributed by atoms with Crippen molar-refractivity contribution in [1.82, 2.24) is 15.1 Å². The quantitative estimate of drug-likeness (QED) is 0.876. The van der Waals surface area contributed by atoms with Crippen LogP contribution >= 0.6 is 0 Å². The number of nitrogens with one attached hydrogen (secondary N) is 2. The van der Waals surface area contributed by atoms with Crippen LogP contribution < -0.4 is 10.6 Å². The minimum atomic E-state index is 0.572. The number of nitrogens with zero attached hydrogens (tertiary/aromatic N) is 2. The monoisotopic (exact) mass is 290 g/mol. The molecule has 0 amide bonds. The maximum atomic E-state index is 5.48. The molecular formula is C16H26N4O. The standard InChI is InChI=1S/C16H26N4O/c1-2-13(11-17-6-1)15-3-7-18-16-10-14(19-20(15)16)12-4-8-21-9-5-12/h10,12-13,15,17-18H,1-9,11H2. The highest BCUT2D eigenvalue weighted by Gasteiger charge is 2.31. The number of aromatic nitrogens is 2. The Morgan fingerprint density at radius 2 is 2.05 bits per heavy atom. The number of anilines is 1. The molecule has 1 aromatic heterocycles. The van der Waals surface area contributed by atoms with Gasteiger partial charge in [0.1, 0.15) is 5.82 Å². The first kappa shape index (κ1) is 13.6. The molecule has 2 saturated heterocycles. The van der Waals surface area contributed by atoms with E-state index in [0.717, 1.165) is 45.1 Å². The summed E-state index contributed by atoms with van der Waals surface area (Å²) in [6, 6.07) is 2.86. The lowest BCUT2D eigenvalue weighted by atomic mass is 9.89. The zero-order valence-electron chi connectivity index (χ0n) is 12.7. The molecule has 3 aliphatic rings. The summed E-state index contributed by atoms with van der Waals surface area (Å²) in [5.74, 6) is 2.56. The van der Waals surface area contributed by atoms with Gasteiger partial charge < -0.3 is 15.4 Å². The van der Waals surface area contributed by atoms with Gasteiger partial charge in [-0.2, -0.15) is 5.10 Å². The van der Waals surface area contributed by atoms with Gasteiger partial charge in [-0.15, -0.1) is 0 Å². The van der Waals surface area contributed by atoms with Crippen molar-refractivity contribution in [2.24, 2.45) is 5.92 Å². The minimum absolute atomic E-state index is 0.572. The van der Waals surface area contributed by atoms with Gasteiger partial charge in [0.25, 0.3) is 0 Å². The van der Waals surface area contributed by atoms with Gasteiger partial charge in [-0.25, -0.2) is 4.68 Å². The molecule has 0 aliphatic carbocycles. The predicted molar refractivity (Wildman–Crippen MR) is 82.8 cm³/mol. The van der Waals surface area contributed by atoms with E-state index < -0.39 is 0 Å². The highest BCUT2D eigenvalue weighted by atomic mass is 16.5. The fourth-order valence-electron chi connectivity index (χ4n) is 4.10. The lowest BCUT2D eigenvalue weighted by Gasteiger charge is -2.34. The molecule has 0 spiro atoms. The SMILES string of the molecule is c1c(C2CCOCC2)nn2c1NCCC2C1CCCNC1. The average molecular weight is 290 g/mol. The third-order valence-electron chi connectivity index (χ3n) is 5.33. The van der Waals surface area contributed by atoms with Gasteiger partial charge in [-0.3, -0.25) is 0 Å². The third-order valence-corrected chi connectivity index (χ3v) is 5.33. The zero-order chi connectivity index (χ0) is 14.1. The number of fused-ring (bicyclic) bond motifs is 1. The van der Waals surface area contributed by atoms with Crippen molar-refractivity contribution in [2.75, 3.05) is 38.2 Å². The molecule has 3 aliphatic heterocycles. The lowest BCUT2D eigenvalue weighted by molar-refractivity contribution is 0.0842. The van der Waals surface area contributed by atoms with E-state index in [1.165, 1.54) is 37.3 Å². The van der Waals surface area contributed by atoms with Crippen LogP contribution in [0.25, 0.3) is 0 Å². The van der Waals surface area contributed by atoms with E-state index in [1.807, 2.05) is 0 Å². The van der Waals surface area contributed by atoms with Gasteiger partial charge in [-0.05, 0) is 51.1 Å². The van der Waals surface area contributed by atoms with Gasteiger partial charge in [-0.1, -0.05) is 0 Å². The number of hydrogen-bond donors (Lipinski definition) is 2. The first-order valence-corrected chi connectivity index (χ1v) is 8.53. The van der Waals surface area contributed by atoms with E-state index in [4.69, 9.17) is 9.84 Å². The Hall–Kier alpha value is -1.07. The summed E-state index contributed by atoms with van der Waals surface area (Å²) < 4.78 is 7.78. The molecule has 2 atom stereocenters. The Balaban J connectivity index is 1.56. The number of rotatable bonds is 2. The maximum Gasteiger partial charge on any atom is 0.124 e. The van der Waals surface area contributed by atoms with Crippen LogP contribution in [0.2, 0.25) is 0 Å². The van der Waals surface area contributed by atoms with Gasteiger partial charge in [0.15, 0.2) is 0 Å². The highest BCUT2D eigenvalue weighted by Crippen LogP contribution is 2.36. The summed E-state index contributed by atoms with van der Waals surface area (Å²) in [5, 5.41) is 12.1. The lowest BCUT2D eigenvalue weighted by Crippen LogP contribution is -2.38. The average Bonchev–Trinajstić information content (AvgIpc) is 3.00. The Labute approximate surface area is 126 Å².